The summed E-state index contributed by atoms with van der Waals surface area (Å²) in [5, 5.41) is 12.7. The molecule has 1 aliphatic carbocycles. The summed E-state index contributed by atoms with van der Waals surface area (Å²) in [5.41, 5.74) is 2.01. The number of thiazole rings is 1. The van der Waals surface area contributed by atoms with Gasteiger partial charge in [0.1, 0.15) is 21.7 Å². The normalized spacial score (nSPS) is 13.4. The fourth-order valence-electron chi connectivity index (χ4n) is 2.21. The lowest BCUT2D eigenvalue weighted by Gasteiger charge is -2.08. The summed E-state index contributed by atoms with van der Waals surface area (Å²) < 4.78 is 5.72. The molecule has 1 heterocycles. The molecule has 1 N–H and O–H groups in total. The quantitative estimate of drug-likeness (QED) is 0.915. The second-order valence-corrected chi connectivity index (χ2v) is 6.59. The van der Waals surface area contributed by atoms with E-state index in [2.05, 4.69) is 16.4 Å². The van der Waals surface area contributed by atoms with E-state index >= 15 is 0 Å². The first kappa shape index (κ1) is 15.5. The Balaban J connectivity index is 1.88. The highest BCUT2D eigenvalue weighted by atomic mass is 32.1. The van der Waals surface area contributed by atoms with Crippen LogP contribution in [0.25, 0.3) is 10.6 Å². The van der Waals surface area contributed by atoms with Crippen LogP contribution >= 0.6 is 11.3 Å². The number of carbonyl (C=O) groups is 1. The Bertz CT molecular complexity index is 788. The molecule has 0 unspecified atom stereocenters. The SMILES string of the molecule is CNC(=O)c1sc(-c2ccc(OCC3CC3)c(C#N)c2)nc1C. The third kappa shape index (κ3) is 3.35. The molecule has 3 rings (SSSR count). The number of rotatable bonds is 5. The van der Waals surface area contributed by atoms with Gasteiger partial charge in [-0.2, -0.15) is 5.26 Å². The van der Waals surface area contributed by atoms with Crippen LogP contribution < -0.4 is 10.1 Å². The molecule has 0 radical (unpaired) electrons. The fraction of sp³-hybridized carbons (Fsp3) is 0.353. The number of nitrogens with one attached hydrogen (secondary N) is 1. The van der Waals surface area contributed by atoms with Gasteiger partial charge in [-0.15, -0.1) is 11.3 Å². The minimum absolute atomic E-state index is 0.142. The van der Waals surface area contributed by atoms with Crippen LogP contribution in [0.3, 0.4) is 0 Å². The Morgan fingerprint density at radius 2 is 2.30 bits per heavy atom. The maximum absolute atomic E-state index is 11.8. The van der Waals surface area contributed by atoms with E-state index < -0.39 is 0 Å². The van der Waals surface area contributed by atoms with Crippen molar-refractivity contribution in [2.24, 2.45) is 5.92 Å². The molecule has 1 amide bonds. The molecule has 1 saturated carbocycles. The van der Waals surface area contributed by atoms with Gasteiger partial charge in [-0.25, -0.2) is 4.98 Å². The summed E-state index contributed by atoms with van der Waals surface area (Å²) in [5.74, 6) is 1.11. The highest BCUT2D eigenvalue weighted by molar-refractivity contribution is 7.17. The predicted octanol–water partition coefficient (Wildman–Crippen LogP) is 3.14. The topological polar surface area (TPSA) is 75.0 Å². The zero-order valence-corrected chi connectivity index (χ0v) is 13.9. The van der Waals surface area contributed by atoms with Crippen molar-refractivity contribution in [3.8, 4) is 22.4 Å². The van der Waals surface area contributed by atoms with Crippen molar-refractivity contribution in [1.29, 1.82) is 5.26 Å². The van der Waals surface area contributed by atoms with Gasteiger partial charge >= 0.3 is 0 Å². The minimum atomic E-state index is -0.142. The number of nitriles is 1. The van der Waals surface area contributed by atoms with Gasteiger partial charge in [0.15, 0.2) is 0 Å². The number of amides is 1. The number of benzene rings is 1. The molecule has 1 fully saturated rings. The van der Waals surface area contributed by atoms with Crippen molar-refractivity contribution in [2.75, 3.05) is 13.7 Å². The van der Waals surface area contributed by atoms with Gasteiger partial charge in [-0.3, -0.25) is 4.79 Å². The third-order valence-electron chi connectivity index (χ3n) is 3.75. The maximum atomic E-state index is 11.8. The first-order chi connectivity index (χ1) is 11.1. The van der Waals surface area contributed by atoms with Crippen LogP contribution in [0.4, 0.5) is 0 Å². The van der Waals surface area contributed by atoms with Crippen molar-refractivity contribution >= 4 is 17.2 Å². The molecule has 0 spiro atoms. The highest BCUT2D eigenvalue weighted by Crippen LogP contribution is 2.33. The second kappa shape index (κ2) is 6.39. The summed E-state index contributed by atoms with van der Waals surface area (Å²) in [7, 11) is 1.60. The number of aryl methyl sites for hydroxylation is 1. The van der Waals surface area contributed by atoms with Crippen molar-refractivity contribution in [1.82, 2.24) is 10.3 Å². The second-order valence-electron chi connectivity index (χ2n) is 5.59. The van der Waals surface area contributed by atoms with Crippen LogP contribution in [0.15, 0.2) is 18.2 Å². The molecule has 118 valence electrons. The van der Waals surface area contributed by atoms with Crippen LogP contribution in [0.1, 0.15) is 33.8 Å². The van der Waals surface area contributed by atoms with Crippen molar-refractivity contribution in [3.05, 3.63) is 34.3 Å². The number of carbonyl (C=O) groups excluding carboxylic acids is 1. The number of hydrogen-bond donors (Lipinski definition) is 1. The van der Waals surface area contributed by atoms with Crippen LogP contribution in [-0.2, 0) is 0 Å². The number of hydrogen-bond acceptors (Lipinski definition) is 5. The van der Waals surface area contributed by atoms with E-state index in [-0.39, 0.29) is 5.91 Å². The maximum Gasteiger partial charge on any atom is 0.263 e. The Labute approximate surface area is 138 Å². The molecule has 2 aromatic rings. The van der Waals surface area contributed by atoms with Crippen molar-refractivity contribution in [3.63, 3.8) is 0 Å². The zero-order valence-electron chi connectivity index (χ0n) is 13.0. The molecule has 23 heavy (non-hydrogen) atoms. The molecule has 5 nitrogen and oxygen atoms in total. The van der Waals surface area contributed by atoms with Gasteiger partial charge in [0.2, 0.25) is 0 Å². The van der Waals surface area contributed by atoms with Crippen LogP contribution in [0.2, 0.25) is 0 Å². The summed E-state index contributed by atoms with van der Waals surface area (Å²) in [6.07, 6.45) is 2.42. The molecule has 0 saturated heterocycles. The molecule has 0 atom stereocenters. The molecule has 1 aromatic carbocycles. The smallest absolute Gasteiger partial charge is 0.263 e. The molecule has 0 bridgehead atoms. The van der Waals surface area contributed by atoms with Gasteiger partial charge < -0.3 is 10.1 Å². The monoisotopic (exact) mass is 327 g/mol. The Hall–Kier alpha value is -2.39. The van der Waals surface area contributed by atoms with Gasteiger partial charge in [-0.05, 0) is 43.9 Å². The zero-order chi connectivity index (χ0) is 16.4. The average molecular weight is 327 g/mol. The standard InChI is InChI=1S/C17H17N3O2S/c1-10-15(16(21)19-2)23-17(20-10)12-5-6-14(13(7-12)8-18)22-9-11-3-4-11/h5-7,11H,3-4,9H2,1-2H3,(H,19,21). The van der Waals surface area contributed by atoms with Gasteiger partial charge in [-0.1, -0.05) is 0 Å². The predicted molar refractivity (Wildman–Crippen MR) is 88.6 cm³/mol. The highest BCUT2D eigenvalue weighted by Gasteiger charge is 2.22. The Kier molecular flexibility index (Phi) is 4.30. The molecule has 0 aliphatic heterocycles. The molecule has 1 aromatic heterocycles. The molecular formula is C17H17N3O2S. The van der Waals surface area contributed by atoms with E-state index in [0.29, 0.717) is 34.4 Å². The van der Waals surface area contributed by atoms with Crippen LogP contribution in [0.5, 0.6) is 5.75 Å². The van der Waals surface area contributed by atoms with Gasteiger partial charge in [0.25, 0.3) is 5.91 Å². The fourth-order valence-corrected chi connectivity index (χ4v) is 3.22. The van der Waals surface area contributed by atoms with Gasteiger partial charge in [0.05, 0.1) is 17.9 Å². The number of ether oxygens (including phenoxy) is 1. The van der Waals surface area contributed by atoms with Crippen molar-refractivity contribution < 1.29 is 9.53 Å². The van der Waals surface area contributed by atoms with E-state index in [4.69, 9.17) is 4.74 Å². The van der Waals surface area contributed by atoms with Crippen LogP contribution in [0, 0.1) is 24.2 Å². The lowest BCUT2D eigenvalue weighted by atomic mass is 10.1. The molecule has 1 aliphatic rings. The minimum Gasteiger partial charge on any atom is -0.492 e. The van der Waals surface area contributed by atoms with E-state index in [1.807, 2.05) is 19.1 Å². The Morgan fingerprint density at radius 1 is 1.52 bits per heavy atom. The third-order valence-corrected chi connectivity index (χ3v) is 4.95. The molecule has 6 heteroatoms. The number of aromatic nitrogens is 1. The van der Waals surface area contributed by atoms with Crippen LogP contribution in [-0.4, -0.2) is 24.5 Å². The van der Waals surface area contributed by atoms with E-state index in [1.54, 1.807) is 13.1 Å². The number of nitrogens with zero attached hydrogens (tertiary/aromatic N) is 2. The largest absolute Gasteiger partial charge is 0.492 e. The van der Waals surface area contributed by atoms with E-state index in [1.165, 1.54) is 24.2 Å². The summed E-state index contributed by atoms with van der Waals surface area (Å²) in [4.78, 5) is 16.8. The molecular weight excluding hydrogens is 310 g/mol. The van der Waals surface area contributed by atoms with Crippen molar-refractivity contribution in [2.45, 2.75) is 19.8 Å². The van der Waals surface area contributed by atoms with E-state index in [9.17, 15) is 10.1 Å². The lowest BCUT2D eigenvalue weighted by Crippen LogP contribution is -2.17. The first-order valence-electron chi connectivity index (χ1n) is 7.49. The Morgan fingerprint density at radius 3 is 2.96 bits per heavy atom. The lowest BCUT2D eigenvalue weighted by molar-refractivity contribution is 0.0966. The average Bonchev–Trinajstić information content (AvgIpc) is 3.32. The first-order valence-corrected chi connectivity index (χ1v) is 8.31. The summed E-state index contributed by atoms with van der Waals surface area (Å²) in [6.45, 7) is 2.48. The van der Waals surface area contributed by atoms with Gasteiger partial charge in [0, 0.05) is 12.6 Å². The summed E-state index contributed by atoms with van der Waals surface area (Å²) >= 11 is 1.33. The summed E-state index contributed by atoms with van der Waals surface area (Å²) in [6, 6.07) is 7.65. The van der Waals surface area contributed by atoms with E-state index in [0.717, 1.165) is 10.6 Å².